The molecule has 0 amide bonds. The van der Waals surface area contributed by atoms with Gasteiger partial charge in [0.25, 0.3) is 0 Å². The molecule has 1 aromatic rings. The molecule has 2 N–H and O–H groups in total. The molecule has 0 radical (unpaired) electrons. The third-order valence-corrected chi connectivity index (χ3v) is 3.66. The van der Waals surface area contributed by atoms with E-state index in [4.69, 9.17) is 0 Å². The number of hydrogen-bond acceptors (Lipinski definition) is 3. The smallest absolute Gasteiger partial charge is 0.115 e. The Morgan fingerprint density at radius 1 is 1.75 bits per heavy atom. The van der Waals surface area contributed by atoms with E-state index in [1.807, 2.05) is 24.4 Å². The Morgan fingerprint density at radius 3 is 3.08 bits per heavy atom. The van der Waals surface area contributed by atoms with Crippen LogP contribution in [0.5, 0.6) is 0 Å². The van der Waals surface area contributed by atoms with E-state index in [2.05, 4.69) is 5.32 Å². The van der Waals surface area contributed by atoms with E-state index in [1.165, 1.54) is 0 Å². The molecule has 1 aliphatic heterocycles. The molecule has 2 heterocycles. The van der Waals surface area contributed by atoms with Crippen molar-refractivity contribution < 1.29 is 5.11 Å². The molecule has 0 bridgehead atoms. The number of rotatable bonds is 1. The number of thiophene rings is 1. The van der Waals surface area contributed by atoms with Gasteiger partial charge in [0.2, 0.25) is 0 Å². The van der Waals surface area contributed by atoms with Crippen molar-refractivity contribution in [3.05, 3.63) is 22.4 Å². The van der Waals surface area contributed by atoms with Gasteiger partial charge in [-0.2, -0.15) is 0 Å². The minimum Gasteiger partial charge on any atom is -0.383 e. The largest absolute Gasteiger partial charge is 0.383 e. The van der Waals surface area contributed by atoms with Crippen LogP contribution in [0.25, 0.3) is 0 Å². The molecular formula is C9H13NOS. The summed E-state index contributed by atoms with van der Waals surface area (Å²) in [6, 6.07) is 4.17. The molecule has 66 valence electrons. The highest BCUT2D eigenvalue weighted by Gasteiger charge is 2.40. The second kappa shape index (κ2) is 2.83. The molecule has 1 saturated heterocycles. The van der Waals surface area contributed by atoms with Gasteiger partial charge in [0.05, 0.1) is 0 Å². The molecule has 0 aromatic carbocycles. The molecule has 1 aliphatic rings. The average molecular weight is 183 g/mol. The fourth-order valence-electron chi connectivity index (χ4n) is 1.73. The van der Waals surface area contributed by atoms with Crippen molar-refractivity contribution >= 4 is 11.3 Å². The van der Waals surface area contributed by atoms with Crippen molar-refractivity contribution in [3.8, 4) is 0 Å². The van der Waals surface area contributed by atoms with E-state index in [9.17, 15) is 5.11 Å². The van der Waals surface area contributed by atoms with Crippen LogP contribution in [0.3, 0.4) is 0 Å². The Hall–Kier alpha value is -0.380. The molecule has 3 heteroatoms. The molecule has 2 rings (SSSR count). The van der Waals surface area contributed by atoms with Crippen molar-refractivity contribution in [1.29, 1.82) is 0 Å². The van der Waals surface area contributed by atoms with Crippen LogP contribution in [-0.4, -0.2) is 17.7 Å². The Bertz CT molecular complexity index is 260. The van der Waals surface area contributed by atoms with Gasteiger partial charge in [-0.05, 0) is 31.3 Å². The van der Waals surface area contributed by atoms with Gasteiger partial charge in [-0.25, -0.2) is 0 Å². The first-order valence-electron chi connectivity index (χ1n) is 4.23. The Labute approximate surface area is 76.2 Å². The van der Waals surface area contributed by atoms with Gasteiger partial charge in [-0.3, -0.25) is 0 Å². The van der Waals surface area contributed by atoms with Gasteiger partial charge in [-0.15, -0.1) is 11.3 Å². The average Bonchev–Trinajstić information content (AvgIpc) is 2.62. The molecule has 1 aromatic heterocycles. The Kier molecular flexibility index (Phi) is 1.94. The molecule has 12 heavy (non-hydrogen) atoms. The maximum absolute atomic E-state index is 10.3. The third-order valence-electron chi connectivity index (χ3n) is 2.62. The second-order valence-electron chi connectivity index (χ2n) is 3.33. The third kappa shape index (κ3) is 1.09. The summed E-state index contributed by atoms with van der Waals surface area (Å²) in [6.07, 6.45) is 0.828. The zero-order valence-electron chi connectivity index (χ0n) is 7.08. The predicted octanol–water partition coefficient (Wildman–Crippen LogP) is 1.32. The first-order valence-corrected chi connectivity index (χ1v) is 5.11. The van der Waals surface area contributed by atoms with Crippen LogP contribution in [0.15, 0.2) is 17.5 Å². The van der Waals surface area contributed by atoms with Crippen LogP contribution >= 0.6 is 11.3 Å². The van der Waals surface area contributed by atoms with Crippen molar-refractivity contribution in [3.63, 3.8) is 0 Å². The van der Waals surface area contributed by atoms with Gasteiger partial charge in [0.15, 0.2) is 0 Å². The summed E-state index contributed by atoms with van der Waals surface area (Å²) in [5, 5.41) is 15.5. The molecule has 0 spiro atoms. The van der Waals surface area contributed by atoms with Crippen molar-refractivity contribution in [2.75, 3.05) is 6.54 Å². The van der Waals surface area contributed by atoms with E-state index >= 15 is 0 Å². The molecule has 2 atom stereocenters. The molecule has 0 aliphatic carbocycles. The van der Waals surface area contributed by atoms with E-state index in [1.54, 1.807) is 11.3 Å². The molecule has 0 saturated carbocycles. The summed E-state index contributed by atoms with van der Waals surface area (Å²) in [6.45, 7) is 2.95. The van der Waals surface area contributed by atoms with Gasteiger partial charge in [0.1, 0.15) is 5.60 Å². The van der Waals surface area contributed by atoms with Crippen LogP contribution in [0.4, 0.5) is 0 Å². The highest BCUT2D eigenvalue weighted by atomic mass is 32.1. The molecule has 2 unspecified atom stereocenters. The van der Waals surface area contributed by atoms with Crippen LogP contribution in [0.1, 0.15) is 18.2 Å². The van der Waals surface area contributed by atoms with Crippen molar-refractivity contribution in [2.24, 2.45) is 0 Å². The summed E-state index contributed by atoms with van der Waals surface area (Å²) in [5.41, 5.74) is -0.617. The molecular weight excluding hydrogens is 170 g/mol. The highest BCUT2D eigenvalue weighted by Crippen LogP contribution is 2.35. The van der Waals surface area contributed by atoms with E-state index in [0.717, 1.165) is 17.8 Å². The number of aliphatic hydroxyl groups is 1. The van der Waals surface area contributed by atoms with Gasteiger partial charge in [-0.1, -0.05) is 6.07 Å². The fourth-order valence-corrected chi connectivity index (χ4v) is 2.67. The maximum atomic E-state index is 10.3. The molecule has 2 nitrogen and oxygen atoms in total. The van der Waals surface area contributed by atoms with Crippen LogP contribution in [-0.2, 0) is 5.60 Å². The van der Waals surface area contributed by atoms with Gasteiger partial charge < -0.3 is 10.4 Å². The summed E-state index contributed by atoms with van der Waals surface area (Å²) < 4.78 is 0. The topological polar surface area (TPSA) is 32.3 Å². The predicted molar refractivity (Wildman–Crippen MR) is 50.3 cm³/mol. The lowest BCUT2D eigenvalue weighted by atomic mass is 9.94. The minimum absolute atomic E-state index is 0.177. The SMILES string of the molecule is CC1NCCC1(O)c1cccs1. The Morgan fingerprint density at radius 2 is 2.58 bits per heavy atom. The number of hydrogen-bond donors (Lipinski definition) is 2. The van der Waals surface area contributed by atoms with Gasteiger partial charge in [0, 0.05) is 10.9 Å². The van der Waals surface area contributed by atoms with E-state index < -0.39 is 5.60 Å². The quantitative estimate of drug-likeness (QED) is 0.688. The summed E-state index contributed by atoms with van der Waals surface area (Å²) in [5.74, 6) is 0. The minimum atomic E-state index is -0.617. The maximum Gasteiger partial charge on any atom is 0.115 e. The monoisotopic (exact) mass is 183 g/mol. The molecule has 1 fully saturated rings. The zero-order valence-corrected chi connectivity index (χ0v) is 7.90. The van der Waals surface area contributed by atoms with Gasteiger partial charge >= 0.3 is 0 Å². The lowest BCUT2D eigenvalue weighted by molar-refractivity contribution is 0.0330. The first-order chi connectivity index (χ1) is 5.73. The standard InChI is InChI=1S/C9H13NOS/c1-7-9(11,4-5-10-7)8-3-2-6-12-8/h2-3,6-7,10-11H,4-5H2,1H3. The fraction of sp³-hybridized carbons (Fsp3) is 0.556. The second-order valence-corrected chi connectivity index (χ2v) is 4.28. The number of nitrogens with one attached hydrogen (secondary N) is 1. The van der Waals surface area contributed by atoms with Crippen molar-refractivity contribution in [2.45, 2.75) is 25.0 Å². The zero-order chi connectivity index (χ0) is 8.60. The lowest BCUT2D eigenvalue weighted by Crippen LogP contribution is -2.36. The Balaban J connectivity index is 2.32. The summed E-state index contributed by atoms with van der Waals surface area (Å²) >= 11 is 1.63. The summed E-state index contributed by atoms with van der Waals surface area (Å²) in [4.78, 5) is 1.08. The van der Waals surface area contributed by atoms with Crippen molar-refractivity contribution in [1.82, 2.24) is 5.32 Å². The normalized spacial score (nSPS) is 35.7. The highest BCUT2D eigenvalue weighted by molar-refractivity contribution is 7.10. The van der Waals surface area contributed by atoms with E-state index in [-0.39, 0.29) is 6.04 Å². The van der Waals surface area contributed by atoms with E-state index in [0.29, 0.717) is 0 Å². The lowest BCUT2D eigenvalue weighted by Gasteiger charge is -2.25. The van der Waals surface area contributed by atoms with Crippen LogP contribution in [0, 0.1) is 0 Å². The summed E-state index contributed by atoms with van der Waals surface area (Å²) in [7, 11) is 0. The first kappa shape index (κ1) is 8.23. The van der Waals surface area contributed by atoms with Crippen LogP contribution in [0.2, 0.25) is 0 Å². The van der Waals surface area contributed by atoms with Crippen LogP contribution < -0.4 is 5.32 Å².